The molecule has 3 aromatic rings. The summed E-state index contributed by atoms with van der Waals surface area (Å²) in [6, 6.07) is 6.92. The van der Waals surface area contributed by atoms with Crippen LogP contribution >= 0.6 is 11.6 Å². The number of hydrogen-bond donors (Lipinski definition) is 1. The van der Waals surface area contributed by atoms with Crippen LogP contribution < -0.4 is 10.1 Å². The number of nitrogens with zero attached hydrogens (tertiary/aromatic N) is 3. The third kappa shape index (κ3) is 3.19. The molecule has 0 atom stereocenters. The van der Waals surface area contributed by atoms with Gasteiger partial charge in [-0.15, -0.1) is 0 Å². The Bertz CT molecular complexity index is 891. The molecule has 2 aromatic heterocycles. The van der Waals surface area contributed by atoms with E-state index in [0.29, 0.717) is 40.0 Å². The Hall–Kier alpha value is -2.60. The summed E-state index contributed by atoms with van der Waals surface area (Å²) in [4.78, 5) is 16.8. The van der Waals surface area contributed by atoms with Gasteiger partial charge in [0.15, 0.2) is 5.65 Å². The first-order chi connectivity index (χ1) is 11.6. The number of anilines is 1. The molecule has 2 heterocycles. The number of carbonyl (C=O) groups is 1. The second-order valence-corrected chi connectivity index (χ2v) is 5.70. The van der Waals surface area contributed by atoms with Crippen molar-refractivity contribution in [2.75, 3.05) is 11.9 Å². The summed E-state index contributed by atoms with van der Waals surface area (Å²) in [5.74, 6) is 0.324. The summed E-state index contributed by atoms with van der Waals surface area (Å²) in [6.45, 7) is 4.39. The number of aryl methyl sites for hydroxylation is 1. The maximum atomic E-state index is 12.6. The Morgan fingerprint density at radius 3 is 3.00 bits per heavy atom. The molecule has 0 radical (unpaired) electrons. The number of rotatable bonds is 5. The van der Waals surface area contributed by atoms with Crippen LogP contribution in [0, 0.1) is 6.92 Å². The zero-order chi connectivity index (χ0) is 17.1. The molecule has 7 heteroatoms. The maximum absolute atomic E-state index is 12.6. The highest BCUT2D eigenvalue weighted by molar-refractivity contribution is 6.32. The van der Waals surface area contributed by atoms with Crippen LogP contribution in [-0.2, 0) is 0 Å². The van der Waals surface area contributed by atoms with E-state index in [1.165, 1.54) is 0 Å². The summed E-state index contributed by atoms with van der Waals surface area (Å²) < 4.78 is 7.11. The number of amides is 1. The highest BCUT2D eigenvalue weighted by Gasteiger charge is 2.18. The fourth-order valence-corrected chi connectivity index (χ4v) is 2.60. The molecule has 0 bridgehead atoms. The number of carbonyl (C=O) groups excluding carboxylic acids is 1. The topological polar surface area (TPSA) is 68.5 Å². The van der Waals surface area contributed by atoms with Gasteiger partial charge in [0, 0.05) is 18.1 Å². The molecule has 0 fully saturated rings. The van der Waals surface area contributed by atoms with Gasteiger partial charge in [0.2, 0.25) is 0 Å². The molecule has 0 aliphatic rings. The lowest BCUT2D eigenvalue weighted by atomic mass is 10.2. The van der Waals surface area contributed by atoms with Gasteiger partial charge in [0.1, 0.15) is 11.3 Å². The van der Waals surface area contributed by atoms with Crippen LogP contribution in [0.25, 0.3) is 5.65 Å². The van der Waals surface area contributed by atoms with Gasteiger partial charge < -0.3 is 10.1 Å². The molecule has 0 aliphatic heterocycles. The van der Waals surface area contributed by atoms with Crippen LogP contribution in [0.2, 0.25) is 5.02 Å². The minimum Gasteiger partial charge on any atom is -0.492 e. The van der Waals surface area contributed by atoms with E-state index in [0.717, 1.165) is 6.42 Å². The predicted molar refractivity (Wildman–Crippen MR) is 92.9 cm³/mol. The lowest BCUT2D eigenvalue weighted by Crippen LogP contribution is -2.13. The molecule has 24 heavy (non-hydrogen) atoms. The van der Waals surface area contributed by atoms with Gasteiger partial charge in [-0.2, -0.15) is 5.10 Å². The fourth-order valence-electron chi connectivity index (χ4n) is 2.36. The monoisotopic (exact) mass is 344 g/mol. The Balaban J connectivity index is 1.84. The van der Waals surface area contributed by atoms with Crippen molar-refractivity contribution in [3.63, 3.8) is 0 Å². The Labute approximate surface area is 144 Å². The molecular formula is C17H17ClN4O2. The summed E-state index contributed by atoms with van der Waals surface area (Å²) in [5.41, 5.74) is 2.16. The summed E-state index contributed by atoms with van der Waals surface area (Å²) in [7, 11) is 0. The smallest absolute Gasteiger partial charge is 0.261 e. The molecule has 1 N–H and O–H groups in total. The standard InChI is InChI=1S/C17H17ClN4O2/c1-3-9-24-14-6-5-12(10-13(14)18)20-17(23)15-11(2)21-22-8-4-7-19-16(15)22/h4-8,10H,3,9H2,1-2H3,(H,20,23). The highest BCUT2D eigenvalue weighted by Crippen LogP contribution is 2.28. The van der Waals surface area contributed by atoms with Crippen molar-refractivity contribution in [2.45, 2.75) is 20.3 Å². The van der Waals surface area contributed by atoms with E-state index in [2.05, 4.69) is 15.4 Å². The zero-order valence-electron chi connectivity index (χ0n) is 13.4. The summed E-state index contributed by atoms with van der Waals surface area (Å²) in [5, 5.41) is 7.57. The number of benzene rings is 1. The fraction of sp³-hybridized carbons (Fsp3) is 0.235. The van der Waals surface area contributed by atoms with Crippen molar-refractivity contribution in [1.29, 1.82) is 0 Å². The zero-order valence-corrected chi connectivity index (χ0v) is 14.2. The molecular weight excluding hydrogens is 328 g/mol. The van der Waals surface area contributed by atoms with Crippen molar-refractivity contribution in [2.24, 2.45) is 0 Å². The molecule has 1 aromatic carbocycles. The molecule has 3 rings (SSSR count). The first-order valence-corrected chi connectivity index (χ1v) is 8.01. The van der Waals surface area contributed by atoms with E-state index in [1.54, 1.807) is 48.1 Å². The summed E-state index contributed by atoms with van der Waals surface area (Å²) >= 11 is 6.19. The van der Waals surface area contributed by atoms with Gasteiger partial charge in [0.05, 0.1) is 17.3 Å². The van der Waals surface area contributed by atoms with Gasteiger partial charge in [-0.25, -0.2) is 9.50 Å². The third-order valence-corrected chi connectivity index (χ3v) is 3.74. The van der Waals surface area contributed by atoms with Crippen molar-refractivity contribution < 1.29 is 9.53 Å². The normalized spacial score (nSPS) is 10.8. The van der Waals surface area contributed by atoms with E-state index >= 15 is 0 Å². The number of aromatic nitrogens is 3. The first kappa shape index (κ1) is 16.3. The first-order valence-electron chi connectivity index (χ1n) is 7.63. The number of ether oxygens (including phenoxy) is 1. The van der Waals surface area contributed by atoms with Crippen LogP contribution in [0.4, 0.5) is 5.69 Å². The van der Waals surface area contributed by atoms with E-state index in [9.17, 15) is 4.79 Å². The van der Waals surface area contributed by atoms with E-state index in [4.69, 9.17) is 16.3 Å². The predicted octanol–water partition coefficient (Wildman–Crippen LogP) is 3.73. The number of halogens is 1. The number of hydrogen-bond acceptors (Lipinski definition) is 4. The Morgan fingerprint density at radius 2 is 2.25 bits per heavy atom. The molecule has 6 nitrogen and oxygen atoms in total. The van der Waals surface area contributed by atoms with Gasteiger partial charge in [-0.05, 0) is 37.6 Å². The number of nitrogens with one attached hydrogen (secondary N) is 1. The van der Waals surface area contributed by atoms with Crippen molar-refractivity contribution in [3.05, 3.63) is 52.9 Å². The van der Waals surface area contributed by atoms with Crippen LogP contribution in [0.5, 0.6) is 5.75 Å². The average molecular weight is 345 g/mol. The molecule has 124 valence electrons. The van der Waals surface area contributed by atoms with Gasteiger partial charge >= 0.3 is 0 Å². The van der Waals surface area contributed by atoms with E-state index < -0.39 is 0 Å². The minimum absolute atomic E-state index is 0.278. The van der Waals surface area contributed by atoms with Gasteiger partial charge in [-0.1, -0.05) is 18.5 Å². The molecule has 0 saturated carbocycles. The van der Waals surface area contributed by atoms with Crippen molar-refractivity contribution in [1.82, 2.24) is 14.6 Å². The Kier molecular flexibility index (Phi) is 4.66. The van der Waals surface area contributed by atoms with Gasteiger partial charge in [0.25, 0.3) is 5.91 Å². The van der Waals surface area contributed by atoms with Crippen LogP contribution in [0.15, 0.2) is 36.7 Å². The number of fused-ring (bicyclic) bond motifs is 1. The minimum atomic E-state index is -0.278. The maximum Gasteiger partial charge on any atom is 0.261 e. The molecule has 1 amide bonds. The molecule has 0 unspecified atom stereocenters. The lowest BCUT2D eigenvalue weighted by Gasteiger charge is -2.09. The second kappa shape index (κ2) is 6.88. The van der Waals surface area contributed by atoms with Gasteiger partial charge in [-0.3, -0.25) is 4.79 Å². The lowest BCUT2D eigenvalue weighted by molar-refractivity contribution is 0.102. The van der Waals surface area contributed by atoms with Crippen LogP contribution in [-0.4, -0.2) is 27.1 Å². The van der Waals surface area contributed by atoms with Crippen molar-refractivity contribution in [3.8, 4) is 5.75 Å². The van der Waals surface area contributed by atoms with Crippen molar-refractivity contribution >= 4 is 28.8 Å². The quantitative estimate of drug-likeness (QED) is 0.765. The molecule has 0 aliphatic carbocycles. The Morgan fingerprint density at radius 1 is 1.42 bits per heavy atom. The SMILES string of the molecule is CCCOc1ccc(NC(=O)c2c(C)nn3cccnc23)cc1Cl. The van der Waals surface area contributed by atoms with Crippen LogP contribution in [0.1, 0.15) is 29.4 Å². The van der Waals surface area contributed by atoms with Crippen LogP contribution in [0.3, 0.4) is 0 Å². The van der Waals surface area contributed by atoms with E-state index in [-0.39, 0.29) is 5.91 Å². The van der Waals surface area contributed by atoms with E-state index in [1.807, 2.05) is 6.92 Å². The molecule has 0 saturated heterocycles. The highest BCUT2D eigenvalue weighted by atomic mass is 35.5. The third-order valence-electron chi connectivity index (χ3n) is 3.45. The average Bonchev–Trinajstić information content (AvgIpc) is 2.90. The largest absolute Gasteiger partial charge is 0.492 e. The molecule has 0 spiro atoms. The summed E-state index contributed by atoms with van der Waals surface area (Å²) in [6.07, 6.45) is 4.28. The second-order valence-electron chi connectivity index (χ2n) is 5.30.